The Morgan fingerprint density at radius 1 is 1.02 bits per heavy atom. The first-order valence-electron chi connectivity index (χ1n) is 11.3. The Hall–Kier alpha value is -3.32. The molecule has 0 bridgehead atoms. The third-order valence-corrected chi connectivity index (χ3v) is 8.57. The lowest BCUT2D eigenvalue weighted by molar-refractivity contribution is -0.147. The summed E-state index contributed by atoms with van der Waals surface area (Å²) in [5, 5.41) is 23.4. The second-order valence-electron chi connectivity index (χ2n) is 8.48. The minimum atomic E-state index is -4.99. The summed E-state index contributed by atoms with van der Waals surface area (Å²) in [7, 11) is 0. The highest BCUT2D eigenvalue weighted by atomic mass is 32.2. The van der Waals surface area contributed by atoms with Crippen molar-refractivity contribution in [2.24, 2.45) is 0 Å². The number of alkyl halides is 6. The van der Waals surface area contributed by atoms with Crippen LogP contribution in [0.1, 0.15) is 34.2 Å². The predicted octanol–water partition coefficient (Wildman–Crippen LogP) is 6.26. The molecule has 1 aliphatic heterocycles. The van der Waals surface area contributed by atoms with Gasteiger partial charge in [0.05, 0.1) is 21.7 Å². The SMILES string of the molecule is O=C(CCN1C(=O)/C(=C/c2cc(-c3cc(C(F)(F)F)cc(C(F)(F)F)c3)cs2)SC1=S)Nc1nc(C(O)C(=O)O)cs1. The fraction of sp³-hybridized carbons (Fsp3) is 0.208. The lowest BCUT2D eigenvalue weighted by atomic mass is 10.0. The first kappa shape index (κ1) is 31.6. The zero-order valence-corrected chi connectivity index (χ0v) is 23.7. The maximum atomic E-state index is 13.2. The Balaban J connectivity index is 1.44. The lowest BCUT2D eigenvalue weighted by Gasteiger charge is -2.13. The van der Waals surface area contributed by atoms with Gasteiger partial charge in [-0.1, -0.05) is 24.0 Å². The van der Waals surface area contributed by atoms with E-state index in [0.29, 0.717) is 17.0 Å². The van der Waals surface area contributed by atoms with E-state index < -0.39 is 47.4 Å². The number of carbonyl (C=O) groups is 3. The van der Waals surface area contributed by atoms with E-state index in [1.54, 1.807) is 0 Å². The molecule has 18 heteroatoms. The standard InChI is InChI=1S/C24H15F6N3O5S4/c25-23(26,27)12-3-10(4-13(6-12)24(28,29)30)11-5-14(40-8-11)7-16-19(36)33(22(39)42-16)2-1-17(34)32-21-31-15(9-41-21)18(35)20(37)38/h3-9,18,35H,1-2H2,(H,37,38)(H,31,32,34)/b16-7-. The van der Waals surface area contributed by atoms with Crippen molar-refractivity contribution < 1.29 is 50.9 Å². The number of carboxylic acid groups (broad SMARTS) is 1. The van der Waals surface area contributed by atoms with Crippen molar-refractivity contribution in [3.63, 3.8) is 0 Å². The number of aliphatic hydroxyl groups is 1. The third-order valence-electron chi connectivity index (χ3n) is 5.53. The molecule has 4 rings (SSSR count). The van der Waals surface area contributed by atoms with Gasteiger partial charge in [-0.05, 0) is 46.8 Å². The Bertz CT molecular complexity index is 1570. The molecule has 2 aromatic heterocycles. The molecule has 3 N–H and O–H groups in total. The van der Waals surface area contributed by atoms with Crippen molar-refractivity contribution >= 4 is 80.0 Å². The van der Waals surface area contributed by atoms with Crippen molar-refractivity contribution in [2.45, 2.75) is 24.9 Å². The highest BCUT2D eigenvalue weighted by Gasteiger charge is 2.37. The molecule has 3 aromatic rings. The number of hydrogen-bond donors (Lipinski definition) is 3. The number of aliphatic hydroxyl groups excluding tert-OH is 1. The maximum Gasteiger partial charge on any atom is 0.416 e. The Morgan fingerprint density at radius 3 is 2.26 bits per heavy atom. The molecule has 1 aliphatic rings. The summed E-state index contributed by atoms with van der Waals surface area (Å²) in [6.07, 6.45) is -10.7. The number of halogens is 6. The average molecular weight is 668 g/mol. The molecule has 0 aliphatic carbocycles. The number of hydrogen-bond acceptors (Lipinski definition) is 9. The molecule has 1 unspecified atom stereocenters. The summed E-state index contributed by atoms with van der Waals surface area (Å²) < 4.78 is 79.5. The highest BCUT2D eigenvalue weighted by Crippen LogP contribution is 2.40. The molecule has 42 heavy (non-hydrogen) atoms. The molecule has 3 heterocycles. The first-order valence-corrected chi connectivity index (χ1v) is 14.3. The van der Waals surface area contributed by atoms with Crippen LogP contribution in [0.25, 0.3) is 17.2 Å². The molecule has 1 atom stereocenters. The number of aliphatic carboxylic acids is 1. The normalized spacial score (nSPS) is 15.9. The second-order valence-corrected chi connectivity index (χ2v) is 12.0. The summed E-state index contributed by atoms with van der Waals surface area (Å²) in [4.78, 5) is 41.5. The van der Waals surface area contributed by atoms with Gasteiger partial charge in [0.2, 0.25) is 5.91 Å². The number of carboxylic acids is 1. The van der Waals surface area contributed by atoms with Gasteiger partial charge in [-0.2, -0.15) is 26.3 Å². The number of thiophene rings is 1. The Morgan fingerprint density at radius 2 is 1.67 bits per heavy atom. The largest absolute Gasteiger partial charge is 0.479 e. The monoisotopic (exact) mass is 667 g/mol. The number of thiazole rings is 1. The van der Waals surface area contributed by atoms with Gasteiger partial charge in [-0.25, -0.2) is 9.78 Å². The number of aromatic nitrogens is 1. The number of carbonyl (C=O) groups excluding carboxylic acids is 2. The fourth-order valence-electron chi connectivity index (χ4n) is 3.51. The zero-order chi connectivity index (χ0) is 31.0. The van der Waals surface area contributed by atoms with Crippen LogP contribution in [0.15, 0.2) is 39.9 Å². The molecule has 1 saturated heterocycles. The molecule has 0 saturated carbocycles. The minimum Gasteiger partial charge on any atom is -0.479 e. The molecule has 1 aromatic carbocycles. The van der Waals surface area contributed by atoms with E-state index in [4.69, 9.17) is 17.3 Å². The number of nitrogens with one attached hydrogen (secondary N) is 1. The van der Waals surface area contributed by atoms with Gasteiger partial charge >= 0.3 is 18.3 Å². The van der Waals surface area contributed by atoms with Crippen molar-refractivity contribution in [1.82, 2.24) is 9.88 Å². The van der Waals surface area contributed by atoms with Crippen molar-refractivity contribution in [3.8, 4) is 11.1 Å². The van der Waals surface area contributed by atoms with Gasteiger partial charge in [0.25, 0.3) is 5.91 Å². The van der Waals surface area contributed by atoms with Gasteiger partial charge in [0.1, 0.15) is 4.32 Å². The van der Waals surface area contributed by atoms with E-state index in [1.807, 2.05) is 0 Å². The zero-order valence-electron chi connectivity index (χ0n) is 20.4. The number of benzene rings is 1. The van der Waals surface area contributed by atoms with Crippen LogP contribution in [0.3, 0.4) is 0 Å². The summed E-state index contributed by atoms with van der Waals surface area (Å²) in [6, 6.07) is 2.63. The first-order chi connectivity index (χ1) is 19.5. The molecule has 0 radical (unpaired) electrons. The van der Waals surface area contributed by atoms with Gasteiger partial charge in [0.15, 0.2) is 11.2 Å². The number of rotatable bonds is 8. The minimum absolute atomic E-state index is 0.0391. The van der Waals surface area contributed by atoms with Crippen LogP contribution >= 0.6 is 46.7 Å². The number of thioether (sulfide) groups is 1. The van der Waals surface area contributed by atoms with E-state index in [9.17, 15) is 45.8 Å². The van der Waals surface area contributed by atoms with Gasteiger partial charge in [-0.15, -0.1) is 22.7 Å². The van der Waals surface area contributed by atoms with E-state index in [1.165, 1.54) is 22.9 Å². The van der Waals surface area contributed by atoms with E-state index in [2.05, 4.69) is 10.3 Å². The van der Waals surface area contributed by atoms with Gasteiger partial charge in [0, 0.05) is 23.2 Å². The van der Waals surface area contributed by atoms with Crippen molar-refractivity contribution in [2.75, 3.05) is 11.9 Å². The number of nitrogens with zero attached hydrogens (tertiary/aromatic N) is 2. The topological polar surface area (TPSA) is 120 Å². The van der Waals surface area contributed by atoms with E-state index >= 15 is 0 Å². The second kappa shape index (κ2) is 12.1. The van der Waals surface area contributed by atoms with Crippen LogP contribution in [0.4, 0.5) is 31.5 Å². The molecule has 8 nitrogen and oxygen atoms in total. The van der Waals surface area contributed by atoms with E-state index in [-0.39, 0.29) is 50.2 Å². The molecule has 1 fully saturated rings. The molecule has 222 valence electrons. The molecular weight excluding hydrogens is 653 g/mol. The molecule has 0 spiro atoms. The highest BCUT2D eigenvalue weighted by molar-refractivity contribution is 8.26. The van der Waals surface area contributed by atoms with Gasteiger partial charge < -0.3 is 15.5 Å². The quantitative estimate of drug-likeness (QED) is 0.146. The Labute approximate surface area is 249 Å². The number of thiocarbonyl (C=S) groups is 1. The van der Waals surface area contributed by atoms with Crippen LogP contribution in [0.5, 0.6) is 0 Å². The third kappa shape index (κ3) is 7.35. The summed E-state index contributed by atoms with van der Waals surface area (Å²) >= 11 is 8.02. The van der Waals surface area contributed by atoms with Crippen molar-refractivity contribution in [1.29, 1.82) is 0 Å². The maximum absolute atomic E-state index is 13.2. The number of amides is 2. The predicted molar refractivity (Wildman–Crippen MR) is 148 cm³/mol. The van der Waals surface area contributed by atoms with Crippen LogP contribution in [0.2, 0.25) is 0 Å². The average Bonchev–Trinajstić information content (AvgIpc) is 3.61. The van der Waals surface area contributed by atoms with Crippen LogP contribution < -0.4 is 5.32 Å². The summed E-state index contributed by atoms with van der Waals surface area (Å²) in [5.41, 5.74) is -3.25. The smallest absolute Gasteiger partial charge is 0.416 e. The number of anilines is 1. The molecule has 2 amide bonds. The van der Waals surface area contributed by atoms with Crippen LogP contribution in [0, 0.1) is 0 Å². The lowest BCUT2D eigenvalue weighted by Crippen LogP contribution is -2.31. The Kier molecular flexibility index (Phi) is 9.12. The molecular formula is C24H15F6N3O5S4. The summed E-state index contributed by atoms with van der Waals surface area (Å²) in [6.45, 7) is -0.121. The van der Waals surface area contributed by atoms with Crippen LogP contribution in [-0.4, -0.2) is 48.7 Å². The van der Waals surface area contributed by atoms with Crippen molar-refractivity contribution in [3.05, 3.63) is 61.6 Å². The summed E-state index contributed by atoms with van der Waals surface area (Å²) in [5.74, 6) is -2.63. The fourth-order valence-corrected chi connectivity index (χ4v) is 6.48. The van der Waals surface area contributed by atoms with Crippen LogP contribution in [-0.2, 0) is 26.7 Å². The van der Waals surface area contributed by atoms with E-state index in [0.717, 1.165) is 39.3 Å². The van der Waals surface area contributed by atoms with Gasteiger partial charge in [-0.3, -0.25) is 14.5 Å².